The van der Waals surface area contributed by atoms with Crippen molar-refractivity contribution in [1.29, 1.82) is 0 Å². The van der Waals surface area contributed by atoms with E-state index in [9.17, 15) is 9.59 Å². The molecule has 1 atom stereocenters. The molecule has 1 aliphatic heterocycles. The smallest absolute Gasteiger partial charge is 0.248 e. The molecule has 0 saturated carbocycles. The van der Waals surface area contributed by atoms with Crippen molar-refractivity contribution in [3.05, 3.63) is 48.3 Å². The molecule has 1 aliphatic rings. The molecule has 24 heavy (non-hydrogen) atoms. The second kappa shape index (κ2) is 7.08. The van der Waals surface area contributed by atoms with Crippen LogP contribution in [-0.4, -0.2) is 34.9 Å². The molecule has 0 radical (unpaired) electrons. The molecule has 0 unspecified atom stereocenters. The molecule has 2 aromatic rings. The van der Waals surface area contributed by atoms with E-state index >= 15 is 0 Å². The van der Waals surface area contributed by atoms with Crippen LogP contribution in [0.4, 0.5) is 11.6 Å². The van der Waals surface area contributed by atoms with Crippen LogP contribution in [0.3, 0.4) is 0 Å². The molecule has 3 rings (SSSR count). The van der Waals surface area contributed by atoms with Gasteiger partial charge in [0.25, 0.3) is 0 Å². The molecule has 1 aromatic heterocycles. The van der Waals surface area contributed by atoms with Crippen molar-refractivity contribution in [1.82, 2.24) is 9.97 Å². The van der Waals surface area contributed by atoms with Crippen molar-refractivity contribution in [3.8, 4) is 0 Å². The van der Waals surface area contributed by atoms with Crippen LogP contribution in [0.25, 0.3) is 0 Å². The zero-order chi connectivity index (χ0) is 16.9. The molecule has 0 bridgehead atoms. The number of carbonyl (C=O) groups excluding carboxylic acids is 2. The Bertz CT molecular complexity index is 718. The van der Waals surface area contributed by atoms with Crippen LogP contribution in [0.1, 0.15) is 23.2 Å². The first-order chi connectivity index (χ1) is 11.6. The van der Waals surface area contributed by atoms with Gasteiger partial charge >= 0.3 is 0 Å². The quantitative estimate of drug-likeness (QED) is 0.885. The second-order valence-corrected chi connectivity index (χ2v) is 5.76. The number of nitrogens with two attached hydrogens (primary N) is 1. The Balaban J connectivity index is 1.63. The number of primary amides is 1. The summed E-state index contributed by atoms with van der Waals surface area (Å²) >= 11 is 0. The SMILES string of the molecule is NC(=O)c1ccc(NC(=O)[C@H]2CCCN(c3ncccn3)C2)cc1. The zero-order valence-corrected chi connectivity index (χ0v) is 13.2. The summed E-state index contributed by atoms with van der Waals surface area (Å²) in [5.74, 6) is 0.000278. The Kier molecular flexibility index (Phi) is 4.69. The Morgan fingerprint density at radius 3 is 2.54 bits per heavy atom. The highest BCUT2D eigenvalue weighted by Gasteiger charge is 2.27. The Hall–Kier alpha value is -2.96. The summed E-state index contributed by atoms with van der Waals surface area (Å²) in [6.07, 6.45) is 5.14. The minimum Gasteiger partial charge on any atom is -0.366 e. The molecule has 2 amide bonds. The summed E-state index contributed by atoms with van der Waals surface area (Å²) in [5, 5.41) is 2.89. The number of anilines is 2. The topological polar surface area (TPSA) is 101 Å². The largest absolute Gasteiger partial charge is 0.366 e. The van der Waals surface area contributed by atoms with Crippen molar-refractivity contribution in [3.63, 3.8) is 0 Å². The maximum atomic E-state index is 12.5. The summed E-state index contributed by atoms with van der Waals surface area (Å²) in [7, 11) is 0. The normalized spacial score (nSPS) is 17.3. The third-order valence-electron chi connectivity index (χ3n) is 4.06. The minimum atomic E-state index is -0.487. The maximum absolute atomic E-state index is 12.5. The highest BCUT2D eigenvalue weighted by atomic mass is 16.2. The fraction of sp³-hybridized carbons (Fsp3) is 0.294. The first-order valence-electron chi connectivity index (χ1n) is 7.86. The van der Waals surface area contributed by atoms with Crippen molar-refractivity contribution in [2.75, 3.05) is 23.3 Å². The number of benzene rings is 1. The second-order valence-electron chi connectivity index (χ2n) is 5.76. The fourth-order valence-corrected chi connectivity index (χ4v) is 2.79. The van der Waals surface area contributed by atoms with Gasteiger partial charge < -0.3 is 16.0 Å². The van der Waals surface area contributed by atoms with E-state index in [4.69, 9.17) is 5.73 Å². The number of nitrogens with zero attached hydrogens (tertiary/aromatic N) is 3. The summed E-state index contributed by atoms with van der Waals surface area (Å²) in [6.45, 7) is 1.44. The number of piperidine rings is 1. The average Bonchev–Trinajstić information content (AvgIpc) is 2.63. The molecule has 0 spiro atoms. The van der Waals surface area contributed by atoms with Crippen LogP contribution in [0.15, 0.2) is 42.7 Å². The number of nitrogens with one attached hydrogen (secondary N) is 1. The standard InChI is InChI=1S/C17H19N5O2/c18-15(23)12-4-6-14(7-5-12)21-16(24)13-3-1-10-22(11-13)17-19-8-2-9-20-17/h2,4-9,13H,1,3,10-11H2,(H2,18,23)(H,21,24)/t13-/m0/s1. The van der Waals surface area contributed by atoms with Crippen molar-refractivity contribution in [2.45, 2.75) is 12.8 Å². The van der Waals surface area contributed by atoms with E-state index in [1.165, 1.54) is 0 Å². The van der Waals surface area contributed by atoms with Gasteiger partial charge in [0.05, 0.1) is 5.92 Å². The Morgan fingerprint density at radius 2 is 1.88 bits per heavy atom. The monoisotopic (exact) mass is 325 g/mol. The number of hydrogen-bond acceptors (Lipinski definition) is 5. The van der Waals surface area contributed by atoms with Crippen LogP contribution in [-0.2, 0) is 4.79 Å². The summed E-state index contributed by atoms with van der Waals surface area (Å²) in [4.78, 5) is 34.1. The van der Waals surface area contributed by atoms with Gasteiger partial charge in [0.2, 0.25) is 17.8 Å². The van der Waals surface area contributed by atoms with E-state index in [0.29, 0.717) is 23.7 Å². The molecule has 0 aliphatic carbocycles. The minimum absolute atomic E-state index is 0.0394. The Labute approximate surface area is 139 Å². The Morgan fingerprint density at radius 1 is 1.17 bits per heavy atom. The van der Waals surface area contributed by atoms with Crippen molar-refractivity contribution < 1.29 is 9.59 Å². The van der Waals surface area contributed by atoms with E-state index in [-0.39, 0.29) is 11.8 Å². The number of rotatable bonds is 4. The summed E-state index contributed by atoms with van der Waals surface area (Å²) < 4.78 is 0. The van der Waals surface area contributed by atoms with Crippen LogP contribution >= 0.6 is 0 Å². The van der Waals surface area contributed by atoms with E-state index in [0.717, 1.165) is 19.4 Å². The van der Waals surface area contributed by atoms with Crippen LogP contribution in [0, 0.1) is 5.92 Å². The molecule has 1 saturated heterocycles. The molecule has 124 valence electrons. The predicted octanol–water partition coefficient (Wildman–Crippen LogP) is 1.43. The first-order valence-corrected chi connectivity index (χ1v) is 7.86. The number of amides is 2. The van der Waals surface area contributed by atoms with Gasteiger partial charge in [-0.2, -0.15) is 0 Å². The average molecular weight is 325 g/mol. The highest BCUT2D eigenvalue weighted by Crippen LogP contribution is 2.21. The number of hydrogen-bond donors (Lipinski definition) is 2. The third kappa shape index (κ3) is 3.68. The summed E-state index contributed by atoms with van der Waals surface area (Å²) in [6, 6.07) is 8.33. The third-order valence-corrected chi connectivity index (χ3v) is 4.06. The lowest BCUT2D eigenvalue weighted by Gasteiger charge is -2.31. The van der Waals surface area contributed by atoms with Gasteiger partial charge in [0.15, 0.2) is 0 Å². The van der Waals surface area contributed by atoms with Gasteiger partial charge in [-0.1, -0.05) is 0 Å². The van der Waals surface area contributed by atoms with Crippen molar-refractivity contribution in [2.24, 2.45) is 11.7 Å². The van der Waals surface area contributed by atoms with Gasteiger partial charge in [-0.25, -0.2) is 9.97 Å². The molecule has 2 heterocycles. The lowest BCUT2D eigenvalue weighted by atomic mass is 9.97. The number of aromatic nitrogens is 2. The van der Waals surface area contributed by atoms with Gasteiger partial charge in [0, 0.05) is 36.7 Å². The van der Waals surface area contributed by atoms with E-state index in [1.54, 1.807) is 42.7 Å². The molecule has 1 fully saturated rings. The number of carbonyl (C=O) groups is 2. The molecular formula is C17H19N5O2. The van der Waals surface area contributed by atoms with Crippen LogP contribution in [0.2, 0.25) is 0 Å². The highest BCUT2D eigenvalue weighted by molar-refractivity contribution is 5.95. The molecule has 3 N–H and O–H groups in total. The van der Waals surface area contributed by atoms with Crippen LogP contribution in [0.5, 0.6) is 0 Å². The summed E-state index contributed by atoms with van der Waals surface area (Å²) in [5.41, 5.74) is 6.27. The first kappa shape index (κ1) is 15.9. The predicted molar refractivity (Wildman–Crippen MR) is 90.6 cm³/mol. The molecular weight excluding hydrogens is 306 g/mol. The molecule has 1 aromatic carbocycles. The van der Waals surface area contributed by atoms with Gasteiger partial charge in [-0.05, 0) is 43.2 Å². The fourth-order valence-electron chi connectivity index (χ4n) is 2.79. The van der Waals surface area contributed by atoms with Gasteiger partial charge in [-0.15, -0.1) is 0 Å². The molecule has 7 heteroatoms. The van der Waals surface area contributed by atoms with E-state index in [1.807, 2.05) is 4.90 Å². The van der Waals surface area contributed by atoms with Gasteiger partial charge in [0.1, 0.15) is 0 Å². The van der Waals surface area contributed by atoms with E-state index < -0.39 is 5.91 Å². The van der Waals surface area contributed by atoms with Crippen molar-refractivity contribution >= 4 is 23.5 Å². The molecule has 7 nitrogen and oxygen atoms in total. The lowest BCUT2D eigenvalue weighted by Crippen LogP contribution is -2.41. The lowest BCUT2D eigenvalue weighted by molar-refractivity contribution is -0.120. The van der Waals surface area contributed by atoms with Gasteiger partial charge in [-0.3, -0.25) is 9.59 Å². The van der Waals surface area contributed by atoms with Crippen LogP contribution < -0.4 is 16.0 Å². The van der Waals surface area contributed by atoms with E-state index in [2.05, 4.69) is 15.3 Å². The zero-order valence-electron chi connectivity index (χ0n) is 13.2. The maximum Gasteiger partial charge on any atom is 0.248 e.